The average Bonchev–Trinajstić information content (AvgIpc) is 2.30. The van der Waals surface area contributed by atoms with Crippen molar-refractivity contribution in [2.45, 2.75) is 13.5 Å². The molecule has 0 aliphatic heterocycles. The number of hydrogen-bond acceptors (Lipinski definition) is 1. The monoisotopic (exact) mass is 324 g/mol. The lowest BCUT2D eigenvalue weighted by atomic mass is 10.2. The van der Waals surface area contributed by atoms with Crippen molar-refractivity contribution in [1.82, 2.24) is 0 Å². The molecule has 0 aliphatic carbocycles. The Labute approximate surface area is 110 Å². The molecule has 0 amide bonds. The van der Waals surface area contributed by atoms with Crippen LogP contribution in [0, 0.1) is 10.5 Å². The normalized spacial score (nSPS) is 10.1. The van der Waals surface area contributed by atoms with E-state index in [4.69, 9.17) is 4.74 Å². The third-order valence-electron chi connectivity index (χ3n) is 2.34. The Bertz CT molecular complexity index is 400. The van der Waals surface area contributed by atoms with Crippen molar-refractivity contribution in [3.05, 3.63) is 63.2 Å². The van der Waals surface area contributed by atoms with E-state index in [9.17, 15) is 0 Å². The summed E-state index contributed by atoms with van der Waals surface area (Å²) in [5, 5.41) is 0. The second-order valence-corrected chi connectivity index (χ2v) is 4.97. The third kappa shape index (κ3) is 3.23. The summed E-state index contributed by atoms with van der Waals surface area (Å²) >= 11 is 2.30. The van der Waals surface area contributed by atoms with Crippen LogP contribution in [0.3, 0.4) is 0 Å². The standard InChI is InChI=1S/C14H13IO/c1-11-2-8-14(9-3-11)16-10-12-4-6-13(15)7-5-12/h2-9H,10H2,1H3. The van der Waals surface area contributed by atoms with Gasteiger partial charge < -0.3 is 4.74 Å². The van der Waals surface area contributed by atoms with Gasteiger partial charge in [-0.25, -0.2) is 0 Å². The van der Waals surface area contributed by atoms with E-state index in [-0.39, 0.29) is 0 Å². The lowest BCUT2D eigenvalue weighted by Crippen LogP contribution is -1.95. The molecule has 0 atom stereocenters. The summed E-state index contributed by atoms with van der Waals surface area (Å²) in [4.78, 5) is 0. The van der Waals surface area contributed by atoms with Gasteiger partial charge in [-0.2, -0.15) is 0 Å². The number of benzene rings is 2. The van der Waals surface area contributed by atoms with Gasteiger partial charge in [-0.05, 0) is 59.3 Å². The van der Waals surface area contributed by atoms with Crippen LogP contribution >= 0.6 is 22.6 Å². The number of aryl methyl sites for hydroxylation is 1. The average molecular weight is 324 g/mol. The maximum atomic E-state index is 5.68. The maximum Gasteiger partial charge on any atom is 0.119 e. The summed E-state index contributed by atoms with van der Waals surface area (Å²) in [6.45, 7) is 2.70. The number of rotatable bonds is 3. The van der Waals surface area contributed by atoms with Crippen molar-refractivity contribution in [3.8, 4) is 5.75 Å². The minimum atomic E-state index is 0.625. The summed E-state index contributed by atoms with van der Waals surface area (Å²) in [7, 11) is 0. The van der Waals surface area contributed by atoms with Gasteiger partial charge in [0.1, 0.15) is 12.4 Å². The van der Waals surface area contributed by atoms with Gasteiger partial charge in [0.25, 0.3) is 0 Å². The quantitative estimate of drug-likeness (QED) is 0.770. The van der Waals surface area contributed by atoms with E-state index in [0.29, 0.717) is 6.61 Å². The fourth-order valence-corrected chi connectivity index (χ4v) is 1.74. The highest BCUT2D eigenvalue weighted by molar-refractivity contribution is 14.1. The highest BCUT2D eigenvalue weighted by Gasteiger charge is 1.95. The predicted molar refractivity (Wildman–Crippen MR) is 74.7 cm³/mol. The van der Waals surface area contributed by atoms with Crippen LogP contribution < -0.4 is 4.74 Å². The molecule has 0 saturated carbocycles. The zero-order valence-electron chi connectivity index (χ0n) is 9.11. The largest absolute Gasteiger partial charge is 0.489 e. The van der Waals surface area contributed by atoms with Gasteiger partial charge >= 0.3 is 0 Å². The molecule has 0 heterocycles. The van der Waals surface area contributed by atoms with E-state index in [1.807, 2.05) is 12.1 Å². The van der Waals surface area contributed by atoms with Crippen LogP contribution in [0.2, 0.25) is 0 Å². The van der Waals surface area contributed by atoms with E-state index < -0.39 is 0 Å². The number of ether oxygens (including phenoxy) is 1. The molecule has 2 aromatic carbocycles. The van der Waals surface area contributed by atoms with Crippen LogP contribution in [-0.4, -0.2) is 0 Å². The molecule has 0 N–H and O–H groups in total. The first kappa shape index (κ1) is 11.5. The Balaban J connectivity index is 1.97. The van der Waals surface area contributed by atoms with E-state index in [1.165, 1.54) is 14.7 Å². The van der Waals surface area contributed by atoms with Crippen LogP contribution in [-0.2, 0) is 6.61 Å². The van der Waals surface area contributed by atoms with Gasteiger partial charge in [-0.3, -0.25) is 0 Å². The first-order valence-electron chi connectivity index (χ1n) is 5.18. The van der Waals surface area contributed by atoms with Crippen molar-refractivity contribution in [2.24, 2.45) is 0 Å². The summed E-state index contributed by atoms with van der Waals surface area (Å²) in [5.41, 5.74) is 2.45. The van der Waals surface area contributed by atoms with Crippen LogP contribution in [0.4, 0.5) is 0 Å². The second-order valence-electron chi connectivity index (χ2n) is 3.73. The minimum Gasteiger partial charge on any atom is -0.489 e. The predicted octanol–water partition coefficient (Wildman–Crippen LogP) is 4.18. The molecule has 0 radical (unpaired) electrons. The van der Waals surface area contributed by atoms with Crippen LogP contribution in [0.15, 0.2) is 48.5 Å². The SMILES string of the molecule is Cc1ccc(OCc2ccc(I)cc2)cc1. The number of halogens is 1. The highest BCUT2D eigenvalue weighted by atomic mass is 127. The Kier molecular flexibility index (Phi) is 3.83. The van der Waals surface area contributed by atoms with Gasteiger partial charge in [0, 0.05) is 3.57 Å². The molecule has 16 heavy (non-hydrogen) atoms. The molecule has 0 aliphatic rings. The third-order valence-corrected chi connectivity index (χ3v) is 3.06. The molecule has 2 heteroatoms. The lowest BCUT2D eigenvalue weighted by Gasteiger charge is -2.06. The minimum absolute atomic E-state index is 0.625. The lowest BCUT2D eigenvalue weighted by molar-refractivity contribution is 0.306. The Hall–Kier alpha value is -1.03. The van der Waals surface area contributed by atoms with Crippen molar-refractivity contribution < 1.29 is 4.74 Å². The smallest absolute Gasteiger partial charge is 0.119 e. The van der Waals surface area contributed by atoms with Crippen LogP contribution in [0.5, 0.6) is 5.75 Å². The molecule has 82 valence electrons. The first-order chi connectivity index (χ1) is 7.74. The molecule has 0 bridgehead atoms. The first-order valence-corrected chi connectivity index (χ1v) is 6.26. The van der Waals surface area contributed by atoms with Gasteiger partial charge in [0.15, 0.2) is 0 Å². The zero-order chi connectivity index (χ0) is 11.4. The summed E-state index contributed by atoms with van der Waals surface area (Å²) < 4.78 is 6.93. The molecule has 0 saturated heterocycles. The Morgan fingerprint density at radius 2 is 1.56 bits per heavy atom. The van der Waals surface area contributed by atoms with Gasteiger partial charge in [0.2, 0.25) is 0 Å². The van der Waals surface area contributed by atoms with Crippen molar-refractivity contribution >= 4 is 22.6 Å². The van der Waals surface area contributed by atoms with Crippen molar-refractivity contribution in [2.75, 3.05) is 0 Å². The van der Waals surface area contributed by atoms with Gasteiger partial charge in [-0.1, -0.05) is 29.8 Å². The summed E-state index contributed by atoms with van der Waals surface area (Å²) in [5.74, 6) is 0.921. The fraction of sp³-hybridized carbons (Fsp3) is 0.143. The number of hydrogen-bond donors (Lipinski definition) is 0. The molecular weight excluding hydrogens is 311 g/mol. The highest BCUT2D eigenvalue weighted by Crippen LogP contribution is 2.14. The second kappa shape index (κ2) is 5.34. The molecule has 1 nitrogen and oxygen atoms in total. The Morgan fingerprint density at radius 3 is 2.19 bits per heavy atom. The van der Waals surface area contributed by atoms with E-state index >= 15 is 0 Å². The van der Waals surface area contributed by atoms with E-state index in [2.05, 4.69) is 65.9 Å². The molecule has 0 aromatic heterocycles. The van der Waals surface area contributed by atoms with Gasteiger partial charge in [0.05, 0.1) is 0 Å². The van der Waals surface area contributed by atoms with E-state index in [1.54, 1.807) is 0 Å². The topological polar surface area (TPSA) is 9.23 Å². The van der Waals surface area contributed by atoms with Crippen LogP contribution in [0.1, 0.15) is 11.1 Å². The fourth-order valence-electron chi connectivity index (χ4n) is 1.38. The van der Waals surface area contributed by atoms with Gasteiger partial charge in [-0.15, -0.1) is 0 Å². The van der Waals surface area contributed by atoms with E-state index in [0.717, 1.165) is 5.75 Å². The van der Waals surface area contributed by atoms with Crippen molar-refractivity contribution in [3.63, 3.8) is 0 Å². The van der Waals surface area contributed by atoms with Crippen LogP contribution in [0.25, 0.3) is 0 Å². The molecule has 2 aromatic rings. The summed E-state index contributed by atoms with van der Waals surface area (Å²) in [6, 6.07) is 16.5. The Morgan fingerprint density at radius 1 is 0.938 bits per heavy atom. The molecule has 0 unspecified atom stereocenters. The molecule has 0 spiro atoms. The molecular formula is C14H13IO. The zero-order valence-corrected chi connectivity index (χ0v) is 11.3. The summed E-state index contributed by atoms with van der Waals surface area (Å²) in [6.07, 6.45) is 0. The molecule has 2 rings (SSSR count). The van der Waals surface area contributed by atoms with Crippen molar-refractivity contribution in [1.29, 1.82) is 0 Å². The molecule has 0 fully saturated rings. The maximum absolute atomic E-state index is 5.68.